The minimum atomic E-state index is -0.0605. The molecular weight excluding hydrogens is 252 g/mol. The van der Waals surface area contributed by atoms with E-state index in [4.69, 9.17) is 4.74 Å². The van der Waals surface area contributed by atoms with Gasteiger partial charge in [-0.1, -0.05) is 31.5 Å². The fraction of sp³-hybridized carbons (Fsp3) is 0.562. The Kier molecular flexibility index (Phi) is 7.09. The second-order valence-electron chi connectivity index (χ2n) is 5.01. The molecule has 0 bridgehead atoms. The SMILES string of the molecule is CCC(CC)NC(=O)COc1ccc(C)cc1CNC. The predicted octanol–water partition coefficient (Wildman–Crippen LogP) is 2.40. The highest BCUT2D eigenvalue weighted by molar-refractivity contribution is 5.77. The number of carbonyl (C=O) groups is 1. The van der Waals surface area contributed by atoms with Crippen LogP contribution in [-0.2, 0) is 11.3 Å². The van der Waals surface area contributed by atoms with Gasteiger partial charge in [-0.05, 0) is 32.9 Å². The van der Waals surface area contributed by atoms with Gasteiger partial charge in [0.25, 0.3) is 5.91 Å². The topological polar surface area (TPSA) is 50.4 Å². The lowest BCUT2D eigenvalue weighted by molar-refractivity contribution is -0.123. The van der Waals surface area contributed by atoms with Gasteiger partial charge in [0.1, 0.15) is 5.75 Å². The van der Waals surface area contributed by atoms with Gasteiger partial charge in [0, 0.05) is 18.2 Å². The van der Waals surface area contributed by atoms with E-state index >= 15 is 0 Å². The average Bonchev–Trinajstić information content (AvgIpc) is 2.44. The van der Waals surface area contributed by atoms with Crippen LogP contribution in [0.4, 0.5) is 0 Å². The Morgan fingerprint density at radius 1 is 1.30 bits per heavy atom. The van der Waals surface area contributed by atoms with Gasteiger partial charge in [-0.25, -0.2) is 0 Å². The van der Waals surface area contributed by atoms with Crippen LogP contribution in [0.1, 0.15) is 37.8 Å². The Hall–Kier alpha value is -1.55. The van der Waals surface area contributed by atoms with Crippen molar-refractivity contribution in [2.75, 3.05) is 13.7 Å². The van der Waals surface area contributed by atoms with Gasteiger partial charge in [0.05, 0.1) is 0 Å². The van der Waals surface area contributed by atoms with Crippen molar-refractivity contribution in [2.45, 2.75) is 46.2 Å². The standard InChI is InChI=1S/C16H26N2O2/c1-5-14(6-2)18-16(19)11-20-15-8-7-12(3)9-13(15)10-17-4/h7-9,14,17H,5-6,10-11H2,1-4H3,(H,18,19). The molecule has 0 radical (unpaired) electrons. The molecule has 0 unspecified atom stereocenters. The summed E-state index contributed by atoms with van der Waals surface area (Å²) in [5.41, 5.74) is 2.26. The molecule has 0 spiro atoms. The molecular formula is C16H26N2O2. The second kappa shape index (κ2) is 8.59. The van der Waals surface area contributed by atoms with Crippen molar-refractivity contribution in [1.82, 2.24) is 10.6 Å². The number of nitrogens with one attached hydrogen (secondary N) is 2. The summed E-state index contributed by atoms with van der Waals surface area (Å²) in [5, 5.41) is 6.08. The van der Waals surface area contributed by atoms with Crippen molar-refractivity contribution in [3.8, 4) is 5.75 Å². The minimum absolute atomic E-state index is 0.0605. The summed E-state index contributed by atoms with van der Waals surface area (Å²) in [4.78, 5) is 11.8. The first-order chi connectivity index (χ1) is 9.60. The summed E-state index contributed by atoms with van der Waals surface area (Å²) in [6.45, 7) is 6.98. The summed E-state index contributed by atoms with van der Waals surface area (Å²) in [5.74, 6) is 0.708. The van der Waals surface area contributed by atoms with E-state index in [9.17, 15) is 4.79 Å². The molecule has 20 heavy (non-hydrogen) atoms. The van der Waals surface area contributed by atoms with Crippen LogP contribution in [0.5, 0.6) is 5.75 Å². The summed E-state index contributed by atoms with van der Waals surface area (Å²) in [7, 11) is 1.89. The lowest BCUT2D eigenvalue weighted by Crippen LogP contribution is -2.37. The zero-order valence-electron chi connectivity index (χ0n) is 13.0. The van der Waals surface area contributed by atoms with E-state index in [1.807, 2.05) is 26.1 Å². The van der Waals surface area contributed by atoms with Gasteiger partial charge in [0.2, 0.25) is 0 Å². The first-order valence-electron chi connectivity index (χ1n) is 7.27. The van der Waals surface area contributed by atoms with Crippen LogP contribution < -0.4 is 15.4 Å². The number of amides is 1. The van der Waals surface area contributed by atoms with Crippen LogP contribution >= 0.6 is 0 Å². The van der Waals surface area contributed by atoms with Crippen molar-refractivity contribution >= 4 is 5.91 Å². The number of benzene rings is 1. The molecule has 0 aromatic heterocycles. The third-order valence-corrected chi connectivity index (χ3v) is 3.29. The highest BCUT2D eigenvalue weighted by atomic mass is 16.5. The number of rotatable bonds is 8. The maximum atomic E-state index is 11.8. The Morgan fingerprint density at radius 2 is 2.00 bits per heavy atom. The molecule has 0 aliphatic carbocycles. The number of hydrogen-bond acceptors (Lipinski definition) is 3. The molecule has 0 aliphatic heterocycles. The third-order valence-electron chi connectivity index (χ3n) is 3.29. The molecule has 0 atom stereocenters. The highest BCUT2D eigenvalue weighted by Crippen LogP contribution is 2.19. The Morgan fingerprint density at radius 3 is 2.60 bits per heavy atom. The van der Waals surface area contributed by atoms with Crippen molar-refractivity contribution in [2.24, 2.45) is 0 Å². The average molecular weight is 278 g/mol. The van der Waals surface area contributed by atoms with E-state index in [-0.39, 0.29) is 18.6 Å². The third kappa shape index (κ3) is 5.21. The fourth-order valence-electron chi connectivity index (χ4n) is 2.08. The Balaban J connectivity index is 2.58. The van der Waals surface area contributed by atoms with E-state index in [1.54, 1.807) is 0 Å². The molecule has 0 fully saturated rings. The van der Waals surface area contributed by atoms with Crippen LogP contribution in [0.15, 0.2) is 18.2 Å². The minimum Gasteiger partial charge on any atom is -0.483 e. The van der Waals surface area contributed by atoms with Crippen molar-refractivity contribution in [3.05, 3.63) is 29.3 Å². The van der Waals surface area contributed by atoms with E-state index in [0.29, 0.717) is 0 Å². The van der Waals surface area contributed by atoms with E-state index < -0.39 is 0 Å². The van der Waals surface area contributed by atoms with Gasteiger partial charge < -0.3 is 15.4 Å². The molecule has 0 saturated carbocycles. The Bertz CT molecular complexity index is 428. The van der Waals surface area contributed by atoms with E-state index in [2.05, 4.69) is 30.5 Å². The molecule has 1 aromatic rings. The van der Waals surface area contributed by atoms with Gasteiger partial charge in [-0.3, -0.25) is 4.79 Å². The van der Waals surface area contributed by atoms with Gasteiger partial charge in [-0.15, -0.1) is 0 Å². The maximum Gasteiger partial charge on any atom is 0.258 e. The zero-order chi connectivity index (χ0) is 15.0. The quantitative estimate of drug-likeness (QED) is 0.767. The highest BCUT2D eigenvalue weighted by Gasteiger charge is 2.10. The molecule has 0 heterocycles. The summed E-state index contributed by atoms with van der Waals surface area (Å²) >= 11 is 0. The predicted molar refractivity (Wildman–Crippen MR) is 82.0 cm³/mol. The van der Waals surface area contributed by atoms with Crippen LogP contribution in [0.3, 0.4) is 0 Å². The summed E-state index contributed by atoms with van der Waals surface area (Å²) < 4.78 is 5.64. The Labute approximate surface area is 121 Å². The normalized spacial score (nSPS) is 10.7. The van der Waals surface area contributed by atoms with E-state index in [1.165, 1.54) is 5.56 Å². The molecule has 1 rings (SSSR count). The summed E-state index contributed by atoms with van der Waals surface area (Å²) in [6.07, 6.45) is 1.88. The van der Waals surface area contributed by atoms with Crippen molar-refractivity contribution < 1.29 is 9.53 Å². The van der Waals surface area contributed by atoms with Crippen LogP contribution in [0.2, 0.25) is 0 Å². The molecule has 2 N–H and O–H groups in total. The first-order valence-corrected chi connectivity index (χ1v) is 7.27. The molecule has 1 aromatic carbocycles. The molecule has 4 heteroatoms. The van der Waals surface area contributed by atoms with Crippen molar-refractivity contribution in [3.63, 3.8) is 0 Å². The molecule has 0 saturated heterocycles. The van der Waals surface area contributed by atoms with Crippen LogP contribution in [0.25, 0.3) is 0 Å². The molecule has 112 valence electrons. The largest absolute Gasteiger partial charge is 0.483 e. The lowest BCUT2D eigenvalue weighted by Gasteiger charge is -2.16. The van der Waals surface area contributed by atoms with Crippen LogP contribution in [0, 0.1) is 6.92 Å². The number of ether oxygens (including phenoxy) is 1. The monoisotopic (exact) mass is 278 g/mol. The summed E-state index contributed by atoms with van der Waals surface area (Å²) in [6, 6.07) is 6.23. The van der Waals surface area contributed by atoms with Gasteiger partial charge >= 0.3 is 0 Å². The van der Waals surface area contributed by atoms with Gasteiger partial charge in [-0.2, -0.15) is 0 Å². The number of aryl methyl sites for hydroxylation is 1. The first kappa shape index (κ1) is 16.5. The van der Waals surface area contributed by atoms with Crippen LogP contribution in [-0.4, -0.2) is 25.6 Å². The maximum absolute atomic E-state index is 11.8. The fourth-order valence-corrected chi connectivity index (χ4v) is 2.08. The number of carbonyl (C=O) groups excluding carboxylic acids is 1. The molecule has 4 nitrogen and oxygen atoms in total. The molecule has 1 amide bonds. The van der Waals surface area contributed by atoms with Crippen molar-refractivity contribution in [1.29, 1.82) is 0 Å². The zero-order valence-corrected chi connectivity index (χ0v) is 13.0. The second-order valence-corrected chi connectivity index (χ2v) is 5.01. The van der Waals surface area contributed by atoms with E-state index in [0.717, 1.165) is 30.7 Å². The number of hydrogen-bond donors (Lipinski definition) is 2. The smallest absolute Gasteiger partial charge is 0.258 e. The lowest BCUT2D eigenvalue weighted by atomic mass is 10.1. The van der Waals surface area contributed by atoms with Gasteiger partial charge in [0.15, 0.2) is 6.61 Å². The molecule has 0 aliphatic rings.